The zero-order valence-electron chi connectivity index (χ0n) is 6.98. The van der Waals surface area contributed by atoms with E-state index in [1.165, 1.54) is 6.92 Å². The van der Waals surface area contributed by atoms with Gasteiger partial charge in [-0.2, -0.15) is 0 Å². The van der Waals surface area contributed by atoms with Crippen molar-refractivity contribution >= 4 is 16.9 Å². The van der Waals surface area contributed by atoms with Crippen LogP contribution in [0, 0.1) is 0 Å². The zero-order chi connectivity index (χ0) is 9.26. The van der Waals surface area contributed by atoms with E-state index in [4.69, 9.17) is 9.26 Å². The molecule has 0 bridgehead atoms. The summed E-state index contributed by atoms with van der Waals surface area (Å²) in [6.07, 6.45) is 0. The van der Waals surface area contributed by atoms with Crippen molar-refractivity contribution in [1.82, 2.24) is 5.16 Å². The van der Waals surface area contributed by atoms with Crippen molar-refractivity contribution in [2.75, 3.05) is 0 Å². The van der Waals surface area contributed by atoms with E-state index in [-0.39, 0.29) is 5.88 Å². The van der Waals surface area contributed by atoms with Crippen LogP contribution >= 0.6 is 0 Å². The minimum atomic E-state index is -0.404. The summed E-state index contributed by atoms with van der Waals surface area (Å²) in [6.45, 7) is 1.32. The third-order valence-electron chi connectivity index (χ3n) is 1.58. The fourth-order valence-corrected chi connectivity index (χ4v) is 1.07. The number of hydrogen-bond acceptors (Lipinski definition) is 4. The molecular formula is C9H7NO3. The van der Waals surface area contributed by atoms with Gasteiger partial charge in [0.25, 0.3) is 5.88 Å². The third kappa shape index (κ3) is 1.38. The first kappa shape index (κ1) is 7.79. The molecule has 1 heterocycles. The van der Waals surface area contributed by atoms with Crippen molar-refractivity contribution in [3.63, 3.8) is 0 Å². The van der Waals surface area contributed by atoms with Crippen molar-refractivity contribution in [3.05, 3.63) is 24.3 Å². The molecule has 0 unspecified atom stereocenters. The van der Waals surface area contributed by atoms with Gasteiger partial charge in [0.2, 0.25) is 0 Å². The van der Waals surface area contributed by atoms with Gasteiger partial charge in [-0.15, -0.1) is 0 Å². The number of hydrogen-bond donors (Lipinski definition) is 0. The number of rotatable bonds is 1. The number of para-hydroxylation sites is 1. The minimum absolute atomic E-state index is 0.225. The van der Waals surface area contributed by atoms with Crippen molar-refractivity contribution in [2.24, 2.45) is 0 Å². The van der Waals surface area contributed by atoms with Gasteiger partial charge in [0.15, 0.2) is 5.58 Å². The molecule has 1 aromatic carbocycles. The van der Waals surface area contributed by atoms with E-state index in [0.717, 1.165) is 0 Å². The molecule has 0 spiro atoms. The molecule has 0 radical (unpaired) electrons. The fourth-order valence-electron chi connectivity index (χ4n) is 1.07. The lowest BCUT2D eigenvalue weighted by Gasteiger charge is -1.92. The summed E-state index contributed by atoms with van der Waals surface area (Å²) in [4.78, 5) is 10.7. The molecule has 2 rings (SSSR count). The maximum atomic E-state index is 10.7. The van der Waals surface area contributed by atoms with Gasteiger partial charge < -0.3 is 9.26 Å². The highest BCUT2D eigenvalue weighted by Gasteiger charge is 2.09. The first-order valence-corrected chi connectivity index (χ1v) is 3.80. The van der Waals surface area contributed by atoms with Crippen LogP contribution in [0.15, 0.2) is 28.8 Å². The standard InChI is InChI=1S/C9H7NO3/c1-6(11)12-9-7-4-2-3-5-8(7)13-10-9/h2-5H,1H3. The lowest BCUT2D eigenvalue weighted by Crippen LogP contribution is -2.01. The Balaban J connectivity index is 2.51. The molecular weight excluding hydrogens is 170 g/mol. The van der Waals surface area contributed by atoms with Crippen LogP contribution in [0.2, 0.25) is 0 Å². The van der Waals surface area contributed by atoms with Crippen molar-refractivity contribution in [1.29, 1.82) is 0 Å². The molecule has 0 aliphatic heterocycles. The Morgan fingerprint density at radius 1 is 1.46 bits per heavy atom. The molecule has 0 atom stereocenters. The largest absolute Gasteiger partial charge is 0.404 e. The number of carbonyl (C=O) groups is 1. The van der Waals surface area contributed by atoms with Crippen molar-refractivity contribution in [3.8, 4) is 5.88 Å². The smallest absolute Gasteiger partial charge is 0.309 e. The van der Waals surface area contributed by atoms with Crippen LogP contribution in [-0.2, 0) is 4.79 Å². The lowest BCUT2D eigenvalue weighted by atomic mass is 10.3. The predicted octanol–water partition coefficient (Wildman–Crippen LogP) is 1.75. The second kappa shape index (κ2) is 2.90. The minimum Gasteiger partial charge on any atom is -0.404 e. The van der Waals surface area contributed by atoms with E-state index >= 15 is 0 Å². The van der Waals surface area contributed by atoms with E-state index in [1.807, 2.05) is 12.1 Å². The van der Waals surface area contributed by atoms with Gasteiger partial charge in [0.1, 0.15) is 0 Å². The molecule has 0 amide bonds. The van der Waals surface area contributed by atoms with Crippen LogP contribution in [0.5, 0.6) is 5.88 Å². The van der Waals surface area contributed by atoms with Crippen LogP contribution in [0.1, 0.15) is 6.92 Å². The zero-order valence-corrected chi connectivity index (χ0v) is 6.98. The van der Waals surface area contributed by atoms with Crippen LogP contribution in [0.4, 0.5) is 0 Å². The van der Waals surface area contributed by atoms with Gasteiger partial charge in [-0.05, 0) is 17.3 Å². The van der Waals surface area contributed by atoms with Crippen LogP contribution in [0.25, 0.3) is 11.0 Å². The topological polar surface area (TPSA) is 52.3 Å². The van der Waals surface area contributed by atoms with Crippen LogP contribution < -0.4 is 4.74 Å². The Kier molecular flexibility index (Phi) is 1.73. The number of aromatic nitrogens is 1. The molecule has 4 nitrogen and oxygen atoms in total. The first-order valence-electron chi connectivity index (χ1n) is 3.80. The van der Waals surface area contributed by atoms with E-state index in [2.05, 4.69) is 5.16 Å². The predicted molar refractivity (Wildman–Crippen MR) is 45.3 cm³/mol. The maximum absolute atomic E-state index is 10.7. The summed E-state index contributed by atoms with van der Waals surface area (Å²) >= 11 is 0. The number of benzene rings is 1. The average molecular weight is 177 g/mol. The van der Waals surface area contributed by atoms with Crippen LogP contribution in [-0.4, -0.2) is 11.1 Å². The van der Waals surface area contributed by atoms with Gasteiger partial charge in [0, 0.05) is 6.92 Å². The Bertz CT molecular complexity index is 447. The van der Waals surface area contributed by atoms with Gasteiger partial charge in [0.05, 0.1) is 5.39 Å². The highest BCUT2D eigenvalue weighted by molar-refractivity contribution is 5.84. The van der Waals surface area contributed by atoms with Gasteiger partial charge in [-0.1, -0.05) is 12.1 Å². The van der Waals surface area contributed by atoms with Crippen LogP contribution in [0.3, 0.4) is 0 Å². The Labute approximate surface area is 74.1 Å². The third-order valence-corrected chi connectivity index (χ3v) is 1.58. The van der Waals surface area contributed by atoms with Gasteiger partial charge >= 0.3 is 5.97 Å². The fraction of sp³-hybridized carbons (Fsp3) is 0.111. The van der Waals surface area contributed by atoms with Crippen molar-refractivity contribution in [2.45, 2.75) is 6.92 Å². The normalized spacial score (nSPS) is 10.2. The summed E-state index contributed by atoms with van der Waals surface area (Å²) in [7, 11) is 0. The number of fused-ring (bicyclic) bond motifs is 1. The van der Waals surface area contributed by atoms with E-state index in [9.17, 15) is 4.79 Å². The molecule has 0 N–H and O–H groups in total. The maximum Gasteiger partial charge on any atom is 0.309 e. The van der Waals surface area contributed by atoms with Crippen molar-refractivity contribution < 1.29 is 14.1 Å². The summed E-state index contributed by atoms with van der Waals surface area (Å²) in [6, 6.07) is 7.19. The number of ether oxygens (including phenoxy) is 1. The SMILES string of the molecule is CC(=O)Oc1noc2ccccc12. The molecule has 0 fully saturated rings. The number of nitrogens with zero attached hydrogens (tertiary/aromatic N) is 1. The molecule has 66 valence electrons. The molecule has 0 aliphatic carbocycles. The quantitative estimate of drug-likeness (QED) is 0.622. The molecule has 0 saturated heterocycles. The lowest BCUT2D eigenvalue weighted by molar-refractivity contribution is -0.132. The highest BCUT2D eigenvalue weighted by atomic mass is 16.6. The Morgan fingerprint density at radius 3 is 3.00 bits per heavy atom. The van der Waals surface area contributed by atoms with E-state index in [1.54, 1.807) is 12.1 Å². The molecule has 0 saturated carbocycles. The monoisotopic (exact) mass is 177 g/mol. The summed E-state index contributed by atoms with van der Waals surface area (Å²) in [5.41, 5.74) is 0.610. The Morgan fingerprint density at radius 2 is 2.23 bits per heavy atom. The molecule has 4 heteroatoms. The molecule has 0 aliphatic rings. The number of carbonyl (C=O) groups excluding carboxylic acids is 1. The summed E-state index contributed by atoms with van der Waals surface area (Å²) in [5, 5.41) is 4.32. The second-order valence-electron chi connectivity index (χ2n) is 2.58. The van der Waals surface area contributed by atoms with E-state index in [0.29, 0.717) is 11.0 Å². The van der Waals surface area contributed by atoms with E-state index < -0.39 is 5.97 Å². The molecule has 2 aromatic rings. The first-order chi connectivity index (χ1) is 6.27. The molecule has 1 aromatic heterocycles. The highest BCUT2D eigenvalue weighted by Crippen LogP contribution is 2.23. The summed E-state index contributed by atoms with van der Waals surface area (Å²) in [5.74, 6) is -0.179. The van der Waals surface area contributed by atoms with Gasteiger partial charge in [-0.25, -0.2) is 0 Å². The second-order valence-corrected chi connectivity index (χ2v) is 2.58. The summed E-state index contributed by atoms with van der Waals surface area (Å²) < 4.78 is 9.75. The average Bonchev–Trinajstić information content (AvgIpc) is 2.48. The molecule has 13 heavy (non-hydrogen) atoms. The number of esters is 1. The Hall–Kier alpha value is -1.84. The van der Waals surface area contributed by atoms with Gasteiger partial charge in [-0.3, -0.25) is 4.79 Å².